The van der Waals surface area contributed by atoms with E-state index in [0.717, 1.165) is 4.90 Å². The van der Waals surface area contributed by atoms with E-state index in [2.05, 4.69) is 0 Å². The van der Waals surface area contributed by atoms with E-state index >= 15 is 0 Å². The zero-order valence-corrected chi connectivity index (χ0v) is 22.1. The molecule has 0 aliphatic carbocycles. The number of hydrogen-bond donors (Lipinski definition) is 2. The van der Waals surface area contributed by atoms with Crippen molar-refractivity contribution < 1.29 is 38.7 Å². The molecule has 0 bridgehead atoms. The Morgan fingerprint density at radius 3 is 2.05 bits per heavy atom. The molecular formula is C28H26ClNO8. The van der Waals surface area contributed by atoms with Crippen LogP contribution in [0.3, 0.4) is 0 Å². The standard InChI is InChI=1S/C28H26ClNO8/c1-14-10-16(26(37-4)17(29)11-14)24(32)22-23(15-12-20(35-2)27(38-5)21(13-15)36-3)30(28(34)25(22)33)18-8-6-7-9-19(18)31/h6-13,23,31-32H,1-5H3/b24-22+. The average Bonchev–Trinajstić information content (AvgIpc) is 3.17. The Kier molecular flexibility index (Phi) is 7.41. The van der Waals surface area contributed by atoms with E-state index in [1.807, 2.05) is 0 Å². The van der Waals surface area contributed by atoms with Crippen LogP contribution in [-0.2, 0) is 9.59 Å². The molecule has 2 N–H and O–H groups in total. The smallest absolute Gasteiger partial charge is 0.300 e. The van der Waals surface area contributed by atoms with Crippen LogP contribution >= 0.6 is 11.6 Å². The number of carbonyl (C=O) groups is 2. The quantitative estimate of drug-likeness (QED) is 0.244. The number of phenolic OH excluding ortho intramolecular Hbond substituents is 1. The van der Waals surface area contributed by atoms with Gasteiger partial charge in [0.15, 0.2) is 11.5 Å². The van der Waals surface area contributed by atoms with Crippen molar-refractivity contribution in [1.29, 1.82) is 0 Å². The van der Waals surface area contributed by atoms with Gasteiger partial charge in [0, 0.05) is 0 Å². The lowest BCUT2D eigenvalue weighted by Gasteiger charge is -2.27. The molecule has 3 aromatic rings. The summed E-state index contributed by atoms with van der Waals surface area (Å²) in [6, 6.07) is 11.3. The maximum atomic E-state index is 13.5. The van der Waals surface area contributed by atoms with Gasteiger partial charge in [0.1, 0.15) is 17.3 Å². The summed E-state index contributed by atoms with van der Waals surface area (Å²) >= 11 is 6.36. The summed E-state index contributed by atoms with van der Waals surface area (Å²) in [6.45, 7) is 1.76. The molecule has 1 fully saturated rings. The van der Waals surface area contributed by atoms with E-state index in [1.54, 1.807) is 43.3 Å². The van der Waals surface area contributed by atoms with Crippen LogP contribution in [0.2, 0.25) is 5.02 Å². The number of methoxy groups -OCH3 is 4. The zero-order chi connectivity index (χ0) is 27.7. The van der Waals surface area contributed by atoms with Crippen molar-refractivity contribution in [2.24, 2.45) is 0 Å². The van der Waals surface area contributed by atoms with Gasteiger partial charge in [-0.05, 0) is 54.4 Å². The molecule has 0 aromatic heterocycles. The molecule has 1 amide bonds. The monoisotopic (exact) mass is 539 g/mol. The molecule has 0 saturated carbocycles. The van der Waals surface area contributed by atoms with E-state index in [0.29, 0.717) is 16.9 Å². The van der Waals surface area contributed by atoms with Crippen molar-refractivity contribution in [3.63, 3.8) is 0 Å². The third kappa shape index (κ3) is 4.35. The van der Waals surface area contributed by atoms with Crippen molar-refractivity contribution >= 4 is 34.7 Å². The molecule has 1 aliphatic rings. The summed E-state index contributed by atoms with van der Waals surface area (Å²) < 4.78 is 21.8. The minimum absolute atomic E-state index is 0.0710. The van der Waals surface area contributed by atoms with Crippen LogP contribution in [0.1, 0.15) is 22.7 Å². The summed E-state index contributed by atoms with van der Waals surface area (Å²) in [4.78, 5) is 28.2. The highest BCUT2D eigenvalue weighted by Gasteiger charge is 2.48. The number of aliphatic hydroxyl groups is 1. The van der Waals surface area contributed by atoms with Crippen molar-refractivity contribution in [3.8, 4) is 28.7 Å². The van der Waals surface area contributed by atoms with E-state index < -0.39 is 23.5 Å². The lowest BCUT2D eigenvalue weighted by molar-refractivity contribution is -0.132. The van der Waals surface area contributed by atoms with Gasteiger partial charge in [-0.3, -0.25) is 14.5 Å². The number of ether oxygens (including phenoxy) is 4. The highest BCUT2D eigenvalue weighted by Crippen LogP contribution is 2.49. The first-order valence-corrected chi connectivity index (χ1v) is 11.8. The third-order valence-corrected chi connectivity index (χ3v) is 6.52. The van der Waals surface area contributed by atoms with Crippen molar-refractivity contribution in [2.75, 3.05) is 33.3 Å². The topological polar surface area (TPSA) is 115 Å². The number of nitrogens with zero attached hydrogens (tertiary/aromatic N) is 1. The highest BCUT2D eigenvalue weighted by molar-refractivity contribution is 6.52. The Morgan fingerprint density at radius 1 is 0.895 bits per heavy atom. The van der Waals surface area contributed by atoms with E-state index in [-0.39, 0.29) is 44.8 Å². The van der Waals surface area contributed by atoms with Crippen LogP contribution in [0.15, 0.2) is 54.1 Å². The molecule has 10 heteroatoms. The predicted octanol–water partition coefficient (Wildman–Crippen LogP) is 5.01. The number of aromatic hydroxyl groups is 1. The predicted molar refractivity (Wildman–Crippen MR) is 142 cm³/mol. The molecule has 1 unspecified atom stereocenters. The molecule has 0 spiro atoms. The number of ketones is 1. The number of aliphatic hydroxyl groups excluding tert-OH is 1. The van der Waals surface area contributed by atoms with Gasteiger partial charge in [0.25, 0.3) is 11.7 Å². The molecule has 1 atom stereocenters. The number of aryl methyl sites for hydroxylation is 1. The number of carbonyl (C=O) groups excluding carboxylic acids is 2. The van der Waals surface area contributed by atoms with Gasteiger partial charge in [0.2, 0.25) is 5.75 Å². The first-order chi connectivity index (χ1) is 18.2. The minimum Gasteiger partial charge on any atom is -0.507 e. The van der Waals surface area contributed by atoms with Crippen molar-refractivity contribution in [2.45, 2.75) is 13.0 Å². The Bertz CT molecular complexity index is 1440. The van der Waals surface area contributed by atoms with Gasteiger partial charge in [-0.1, -0.05) is 23.7 Å². The number of hydrogen-bond acceptors (Lipinski definition) is 8. The molecular weight excluding hydrogens is 514 g/mol. The Balaban J connectivity index is 2.09. The maximum Gasteiger partial charge on any atom is 0.300 e. The molecule has 4 rings (SSSR count). The fourth-order valence-corrected chi connectivity index (χ4v) is 4.93. The van der Waals surface area contributed by atoms with Crippen LogP contribution in [0.4, 0.5) is 5.69 Å². The number of halogens is 1. The number of benzene rings is 3. The van der Waals surface area contributed by atoms with E-state index in [1.165, 1.54) is 40.6 Å². The van der Waals surface area contributed by atoms with Crippen LogP contribution in [0, 0.1) is 6.92 Å². The fraction of sp³-hybridized carbons (Fsp3) is 0.214. The van der Waals surface area contributed by atoms with Gasteiger partial charge in [-0.15, -0.1) is 0 Å². The van der Waals surface area contributed by atoms with Gasteiger partial charge in [-0.2, -0.15) is 0 Å². The number of para-hydroxylation sites is 2. The SMILES string of the molecule is COc1cc(C2/C(=C(\O)c3cc(C)cc(Cl)c3OC)C(=O)C(=O)N2c2ccccc2O)cc(OC)c1OC. The number of anilines is 1. The van der Waals surface area contributed by atoms with Crippen molar-refractivity contribution in [1.82, 2.24) is 0 Å². The van der Waals surface area contributed by atoms with E-state index in [9.17, 15) is 19.8 Å². The normalized spacial score (nSPS) is 16.5. The van der Waals surface area contributed by atoms with Gasteiger partial charge in [-0.25, -0.2) is 0 Å². The largest absolute Gasteiger partial charge is 0.507 e. The summed E-state index contributed by atoms with van der Waals surface area (Å²) in [5.74, 6) is -1.70. The minimum atomic E-state index is -1.19. The number of Topliss-reactive ketones (excluding diaryl/α,β-unsaturated/α-hetero) is 1. The molecule has 1 heterocycles. The summed E-state index contributed by atoms with van der Waals surface area (Å²) in [7, 11) is 5.69. The lowest BCUT2D eigenvalue weighted by Crippen LogP contribution is -2.29. The van der Waals surface area contributed by atoms with Crippen LogP contribution in [0.5, 0.6) is 28.7 Å². The number of amides is 1. The Hall–Kier alpha value is -4.37. The molecule has 1 aliphatic heterocycles. The lowest BCUT2D eigenvalue weighted by atomic mass is 9.93. The summed E-state index contributed by atoms with van der Waals surface area (Å²) in [6.07, 6.45) is 0. The molecule has 0 radical (unpaired) electrons. The fourth-order valence-electron chi connectivity index (χ4n) is 4.58. The Labute approximate surface area is 224 Å². The Morgan fingerprint density at radius 2 is 1.50 bits per heavy atom. The second kappa shape index (κ2) is 10.5. The van der Waals surface area contributed by atoms with Gasteiger partial charge in [0.05, 0.1) is 56.3 Å². The van der Waals surface area contributed by atoms with Crippen LogP contribution in [0.25, 0.3) is 5.76 Å². The second-order valence-electron chi connectivity index (χ2n) is 8.44. The first-order valence-electron chi connectivity index (χ1n) is 11.4. The number of phenols is 1. The molecule has 9 nitrogen and oxygen atoms in total. The molecule has 198 valence electrons. The molecule has 1 saturated heterocycles. The van der Waals surface area contributed by atoms with Crippen LogP contribution in [-0.4, -0.2) is 50.3 Å². The van der Waals surface area contributed by atoms with Crippen LogP contribution < -0.4 is 23.8 Å². The molecule has 38 heavy (non-hydrogen) atoms. The van der Waals surface area contributed by atoms with E-state index in [4.69, 9.17) is 30.5 Å². The van der Waals surface area contributed by atoms with Gasteiger partial charge < -0.3 is 29.2 Å². The highest BCUT2D eigenvalue weighted by atomic mass is 35.5. The first kappa shape index (κ1) is 26.7. The summed E-state index contributed by atoms with van der Waals surface area (Å²) in [5, 5.41) is 22.4. The number of rotatable bonds is 7. The zero-order valence-electron chi connectivity index (χ0n) is 21.4. The third-order valence-electron chi connectivity index (χ3n) is 6.24. The average molecular weight is 540 g/mol. The maximum absolute atomic E-state index is 13.5. The molecule has 3 aromatic carbocycles. The summed E-state index contributed by atoms with van der Waals surface area (Å²) in [5.41, 5.74) is 0.997. The second-order valence-corrected chi connectivity index (χ2v) is 8.85. The van der Waals surface area contributed by atoms with Gasteiger partial charge >= 0.3 is 0 Å². The van der Waals surface area contributed by atoms with Crippen molar-refractivity contribution in [3.05, 3.63) is 75.8 Å².